The van der Waals surface area contributed by atoms with Crippen molar-refractivity contribution in [3.63, 3.8) is 0 Å². The molecule has 6 heteroatoms. The molecule has 1 fully saturated rings. The molecule has 0 saturated carbocycles. The van der Waals surface area contributed by atoms with Gasteiger partial charge in [0.25, 0.3) is 0 Å². The van der Waals surface area contributed by atoms with Gasteiger partial charge in [0, 0.05) is 23.6 Å². The first-order valence-corrected chi connectivity index (χ1v) is 6.73. The highest BCUT2D eigenvalue weighted by Gasteiger charge is 2.33. The van der Waals surface area contributed by atoms with Crippen molar-refractivity contribution in [3.05, 3.63) is 17.0 Å². The number of aromatic nitrogens is 2. The summed E-state index contributed by atoms with van der Waals surface area (Å²) in [6.45, 7) is 6.91. The molecule has 0 amide bonds. The number of nitrogens with zero attached hydrogens (tertiary/aromatic N) is 2. The average molecular weight is 255 g/mol. The number of aliphatic carboxylic acids is 1. The van der Waals surface area contributed by atoms with E-state index in [0.29, 0.717) is 5.75 Å². The van der Waals surface area contributed by atoms with Gasteiger partial charge in [0.2, 0.25) is 0 Å². The molecule has 2 rings (SSSR count). The molecule has 0 unspecified atom stereocenters. The van der Waals surface area contributed by atoms with E-state index in [9.17, 15) is 4.79 Å². The molecule has 0 aromatic carbocycles. The largest absolute Gasteiger partial charge is 0.480 e. The van der Waals surface area contributed by atoms with Crippen molar-refractivity contribution < 1.29 is 9.90 Å². The highest BCUT2D eigenvalue weighted by molar-refractivity contribution is 7.99. The van der Waals surface area contributed by atoms with Gasteiger partial charge in [-0.15, -0.1) is 11.8 Å². The summed E-state index contributed by atoms with van der Waals surface area (Å²) in [6.07, 6.45) is 0. The van der Waals surface area contributed by atoms with Crippen molar-refractivity contribution >= 4 is 17.7 Å². The highest BCUT2D eigenvalue weighted by atomic mass is 32.2. The first kappa shape index (κ1) is 12.4. The third-order valence-corrected chi connectivity index (χ3v) is 4.31. The summed E-state index contributed by atoms with van der Waals surface area (Å²) < 4.78 is 1.96. The highest BCUT2D eigenvalue weighted by Crippen LogP contribution is 2.36. The van der Waals surface area contributed by atoms with Crippen LogP contribution in [-0.4, -0.2) is 32.7 Å². The van der Waals surface area contributed by atoms with Crippen LogP contribution in [0.1, 0.15) is 29.2 Å². The predicted octanol–water partition coefficient (Wildman–Crippen LogP) is 1.31. The molecule has 2 heterocycles. The summed E-state index contributed by atoms with van der Waals surface area (Å²) in [6, 6.07) is -0.450. The summed E-state index contributed by atoms with van der Waals surface area (Å²) in [7, 11) is 0. The number of aryl methyl sites for hydroxylation is 2. The van der Waals surface area contributed by atoms with Crippen molar-refractivity contribution in [2.75, 3.05) is 5.75 Å². The quantitative estimate of drug-likeness (QED) is 0.852. The van der Waals surface area contributed by atoms with Gasteiger partial charge < -0.3 is 5.11 Å². The Morgan fingerprint density at radius 2 is 2.35 bits per heavy atom. The summed E-state index contributed by atoms with van der Waals surface area (Å²) in [4.78, 5) is 10.9. The number of thioether (sulfide) groups is 1. The van der Waals surface area contributed by atoms with Crippen LogP contribution in [0.15, 0.2) is 0 Å². The first-order chi connectivity index (χ1) is 8.04. The van der Waals surface area contributed by atoms with Gasteiger partial charge in [-0.3, -0.25) is 14.8 Å². The van der Waals surface area contributed by atoms with Crippen LogP contribution in [0.25, 0.3) is 0 Å². The lowest BCUT2D eigenvalue weighted by molar-refractivity contribution is -0.138. The van der Waals surface area contributed by atoms with E-state index in [0.717, 1.165) is 23.5 Å². The monoisotopic (exact) mass is 255 g/mol. The van der Waals surface area contributed by atoms with E-state index in [1.807, 2.05) is 18.5 Å². The lowest BCUT2D eigenvalue weighted by Crippen LogP contribution is -2.33. The Balaban J connectivity index is 2.24. The molecule has 17 heavy (non-hydrogen) atoms. The number of carbonyl (C=O) groups is 1. The number of hydrogen-bond acceptors (Lipinski definition) is 4. The Morgan fingerprint density at radius 1 is 1.65 bits per heavy atom. The van der Waals surface area contributed by atoms with Crippen molar-refractivity contribution in [2.24, 2.45) is 0 Å². The molecular weight excluding hydrogens is 238 g/mol. The average Bonchev–Trinajstić information content (AvgIpc) is 2.83. The Labute approximate surface area is 105 Å². The molecule has 1 aliphatic rings. The Bertz CT molecular complexity index is 444. The zero-order chi connectivity index (χ0) is 12.6. The van der Waals surface area contributed by atoms with Crippen LogP contribution in [0.2, 0.25) is 0 Å². The minimum absolute atomic E-state index is 0.0522. The van der Waals surface area contributed by atoms with Gasteiger partial charge in [0.1, 0.15) is 6.04 Å². The minimum Gasteiger partial charge on any atom is -0.480 e. The van der Waals surface area contributed by atoms with E-state index in [-0.39, 0.29) is 5.37 Å². The SMILES string of the molecule is CCn1nc(C)c([C@H]2N[C@@H](C(=O)O)CS2)c1C. The lowest BCUT2D eigenvalue weighted by atomic mass is 10.2. The number of nitrogens with one attached hydrogen (secondary N) is 1. The van der Waals surface area contributed by atoms with Crippen LogP contribution in [0.5, 0.6) is 0 Å². The fourth-order valence-electron chi connectivity index (χ4n) is 2.18. The van der Waals surface area contributed by atoms with Gasteiger partial charge in [0.05, 0.1) is 11.1 Å². The first-order valence-electron chi connectivity index (χ1n) is 5.69. The summed E-state index contributed by atoms with van der Waals surface area (Å²) in [5.41, 5.74) is 3.25. The third kappa shape index (κ3) is 2.19. The Morgan fingerprint density at radius 3 is 2.82 bits per heavy atom. The van der Waals surface area contributed by atoms with Crippen molar-refractivity contribution in [2.45, 2.75) is 38.7 Å². The maximum Gasteiger partial charge on any atom is 0.321 e. The van der Waals surface area contributed by atoms with Gasteiger partial charge in [-0.05, 0) is 20.8 Å². The number of hydrogen-bond donors (Lipinski definition) is 2. The molecule has 0 bridgehead atoms. The molecule has 2 atom stereocenters. The second-order valence-corrected chi connectivity index (χ2v) is 5.31. The van der Waals surface area contributed by atoms with E-state index < -0.39 is 12.0 Å². The van der Waals surface area contributed by atoms with Gasteiger partial charge in [0.15, 0.2) is 0 Å². The molecule has 0 spiro atoms. The Kier molecular flexibility index (Phi) is 3.44. The fraction of sp³-hybridized carbons (Fsp3) is 0.636. The van der Waals surface area contributed by atoms with Crippen molar-refractivity contribution in [1.82, 2.24) is 15.1 Å². The van der Waals surface area contributed by atoms with E-state index in [1.165, 1.54) is 0 Å². The molecule has 0 aliphatic carbocycles. The zero-order valence-electron chi connectivity index (χ0n) is 10.2. The molecule has 1 aromatic heterocycles. The van der Waals surface area contributed by atoms with Crippen molar-refractivity contribution in [3.8, 4) is 0 Å². The van der Waals surface area contributed by atoms with Gasteiger partial charge in [-0.2, -0.15) is 5.10 Å². The van der Waals surface area contributed by atoms with Gasteiger partial charge in [-0.1, -0.05) is 0 Å². The normalized spacial score (nSPS) is 24.2. The maximum absolute atomic E-state index is 10.9. The number of carboxylic acid groups (broad SMARTS) is 1. The summed E-state index contributed by atoms with van der Waals surface area (Å²) >= 11 is 1.64. The molecule has 1 saturated heterocycles. The van der Waals surface area contributed by atoms with Crippen LogP contribution < -0.4 is 5.32 Å². The van der Waals surface area contributed by atoms with Crippen LogP contribution in [0.3, 0.4) is 0 Å². The molecule has 2 N–H and O–H groups in total. The van der Waals surface area contributed by atoms with Crippen LogP contribution in [0.4, 0.5) is 0 Å². The van der Waals surface area contributed by atoms with Gasteiger partial charge in [-0.25, -0.2) is 0 Å². The van der Waals surface area contributed by atoms with Crippen LogP contribution in [0, 0.1) is 13.8 Å². The molecule has 94 valence electrons. The number of rotatable bonds is 3. The maximum atomic E-state index is 10.9. The van der Waals surface area contributed by atoms with Gasteiger partial charge >= 0.3 is 5.97 Å². The van der Waals surface area contributed by atoms with Crippen LogP contribution in [-0.2, 0) is 11.3 Å². The molecule has 1 aliphatic heterocycles. The minimum atomic E-state index is -0.779. The molecule has 5 nitrogen and oxygen atoms in total. The standard InChI is InChI=1S/C11H17N3O2S/c1-4-14-7(3)9(6(2)13-14)10-12-8(5-17-10)11(15)16/h8,10,12H,4-5H2,1-3H3,(H,15,16)/t8-,10+/m1/s1. The number of carboxylic acids is 1. The van der Waals surface area contributed by atoms with E-state index in [1.54, 1.807) is 11.8 Å². The lowest BCUT2D eigenvalue weighted by Gasteiger charge is -2.11. The smallest absolute Gasteiger partial charge is 0.321 e. The summed E-state index contributed by atoms with van der Waals surface area (Å²) in [5.74, 6) is -0.172. The summed E-state index contributed by atoms with van der Waals surface area (Å²) in [5, 5.41) is 16.6. The Hall–Kier alpha value is -1.01. The van der Waals surface area contributed by atoms with Crippen LogP contribution >= 0.6 is 11.8 Å². The fourth-order valence-corrected chi connectivity index (χ4v) is 3.57. The molecule has 1 aromatic rings. The van der Waals surface area contributed by atoms with E-state index >= 15 is 0 Å². The topological polar surface area (TPSA) is 67.2 Å². The van der Waals surface area contributed by atoms with E-state index in [4.69, 9.17) is 5.11 Å². The molecular formula is C11H17N3O2S. The predicted molar refractivity (Wildman–Crippen MR) is 67.1 cm³/mol. The second-order valence-electron chi connectivity index (χ2n) is 4.17. The zero-order valence-corrected chi connectivity index (χ0v) is 11.0. The second kappa shape index (κ2) is 4.70. The van der Waals surface area contributed by atoms with E-state index in [2.05, 4.69) is 17.3 Å². The third-order valence-electron chi connectivity index (χ3n) is 3.08. The molecule has 0 radical (unpaired) electrons. The van der Waals surface area contributed by atoms with Crippen molar-refractivity contribution in [1.29, 1.82) is 0 Å².